The topological polar surface area (TPSA) is 91.7 Å². The number of nitriles is 1. The number of rotatable bonds is 8. The van der Waals surface area contributed by atoms with Crippen molar-refractivity contribution in [2.75, 3.05) is 26.3 Å². The molecular formula is C22H29N3O4. The molecule has 0 saturated carbocycles. The van der Waals surface area contributed by atoms with Gasteiger partial charge in [-0.25, -0.2) is 0 Å². The average molecular weight is 399 g/mol. The summed E-state index contributed by atoms with van der Waals surface area (Å²) in [4.78, 5) is 26.2. The second-order valence-electron chi connectivity index (χ2n) is 7.17. The fourth-order valence-corrected chi connectivity index (χ4v) is 3.03. The zero-order chi connectivity index (χ0) is 21.2. The van der Waals surface area contributed by atoms with Gasteiger partial charge in [0.1, 0.15) is 11.6 Å². The van der Waals surface area contributed by atoms with Gasteiger partial charge < -0.3 is 19.7 Å². The van der Waals surface area contributed by atoms with Crippen molar-refractivity contribution in [3.63, 3.8) is 0 Å². The monoisotopic (exact) mass is 399 g/mol. The minimum atomic E-state index is -0.423. The Hall–Kier alpha value is -3.01. The number of benzene rings is 1. The zero-order valence-electron chi connectivity index (χ0n) is 17.4. The largest absolute Gasteiger partial charge is 0.490 e. The van der Waals surface area contributed by atoms with E-state index in [1.807, 2.05) is 31.7 Å². The van der Waals surface area contributed by atoms with E-state index in [2.05, 4.69) is 5.32 Å². The molecule has 0 spiro atoms. The van der Waals surface area contributed by atoms with Gasteiger partial charge in [0.2, 0.25) is 0 Å². The van der Waals surface area contributed by atoms with E-state index in [9.17, 15) is 14.9 Å². The Balaban J connectivity index is 2.12. The maximum absolute atomic E-state index is 12.3. The van der Waals surface area contributed by atoms with Crippen molar-refractivity contribution in [1.29, 1.82) is 5.26 Å². The van der Waals surface area contributed by atoms with Crippen LogP contribution in [0, 0.1) is 11.3 Å². The van der Waals surface area contributed by atoms with Crippen molar-refractivity contribution in [3.05, 3.63) is 29.3 Å². The fourth-order valence-electron chi connectivity index (χ4n) is 3.03. The van der Waals surface area contributed by atoms with Crippen LogP contribution in [0.1, 0.15) is 45.6 Å². The Bertz CT molecular complexity index is 790. The van der Waals surface area contributed by atoms with Crippen molar-refractivity contribution in [1.82, 2.24) is 10.2 Å². The van der Waals surface area contributed by atoms with Crippen LogP contribution in [0.2, 0.25) is 0 Å². The lowest BCUT2D eigenvalue weighted by Crippen LogP contribution is -2.38. The molecule has 1 heterocycles. The van der Waals surface area contributed by atoms with Crippen molar-refractivity contribution in [2.45, 2.75) is 46.1 Å². The molecule has 2 rings (SSSR count). The number of hydrogen-bond donors (Lipinski definition) is 1. The predicted octanol–water partition coefficient (Wildman–Crippen LogP) is 2.91. The summed E-state index contributed by atoms with van der Waals surface area (Å²) >= 11 is 0. The molecule has 0 aromatic heterocycles. The van der Waals surface area contributed by atoms with Gasteiger partial charge in [0.25, 0.3) is 11.8 Å². The second-order valence-corrected chi connectivity index (χ2v) is 7.17. The van der Waals surface area contributed by atoms with Crippen LogP contribution in [0.4, 0.5) is 0 Å². The SMILES string of the molecule is CCOc1cc(/C=C(\C#N)C(=O)NC(C)C)ccc1OCC(=O)N1CCCCC1. The van der Waals surface area contributed by atoms with E-state index in [0.717, 1.165) is 32.4 Å². The third-order valence-corrected chi connectivity index (χ3v) is 4.42. The molecule has 29 heavy (non-hydrogen) atoms. The molecule has 1 N–H and O–H groups in total. The highest BCUT2D eigenvalue weighted by atomic mass is 16.5. The van der Waals surface area contributed by atoms with Gasteiger partial charge in [-0.3, -0.25) is 9.59 Å². The quantitative estimate of drug-likeness (QED) is 0.536. The Morgan fingerprint density at radius 3 is 2.55 bits per heavy atom. The summed E-state index contributed by atoms with van der Waals surface area (Å²) in [6.45, 7) is 7.44. The molecule has 0 unspecified atom stereocenters. The van der Waals surface area contributed by atoms with E-state index in [1.165, 1.54) is 6.08 Å². The summed E-state index contributed by atoms with van der Waals surface area (Å²) < 4.78 is 11.3. The number of likely N-dealkylation sites (tertiary alicyclic amines) is 1. The summed E-state index contributed by atoms with van der Waals surface area (Å²) in [7, 11) is 0. The van der Waals surface area contributed by atoms with E-state index >= 15 is 0 Å². The van der Waals surface area contributed by atoms with Crippen LogP contribution in [-0.4, -0.2) is 49.1 Å². The van der Waals surface area contributed by atoms with Crippen LogP contribution in [0.15, 0.2) is 23.8 Å². The van der Waals surface area contributed by atoms with Gasteiger partial charge >= 0.3 is 0 Å². The highest BCUT2D eigenvalue weighted by Crippen LogP contribution is 2.29. The maximum atomic E-state index is 12.3. The summed E-state index contributed by atoms with van der Waals surface area (Å²) in [5.41, 5.74) is 0.647. The standard InChI is InChI=1S/C22H29N3O4/c1-4-28-20-13-17(12-18(14-23)22(27)24-16(2)3)8-9-19(20)29-15-21(26)25-10-6-5-7-11-25/h8-9,12-13,16H,4-7,10-11,15H2,1-3H3,(H,24,27)/b18-12+. The molecule has 1 aliphatic rings. The molecule has 1 aromatic carbocycles. The first-order chi connectivity index (χ1) is 13.9. The Morgan fingerprint density at radius 2 is 1.93 bits per heavy atom. The molecule has 1 aromatic rings. The van der Waals surface area contributed by atoms with E-state index in [4.69, 9.17) is 9.47 Å². The summed E-state index contributed by atoms with van der Waals surface area (Å²) in [5.74, 6) is 0.468. The number of hydrogen-bond acceptors (Lipinski definition) is 5. The normalized spacial score (nSPS) is 14.3. The van der Waals surface area contributed by atoms with Crippen molar-refractivity contribution < 1.29 is 19.1 Å². The first-order valence-electron chi connectivity index (χ1n) is 10.0. The average Bonchev–Trinajstić information content (AvgIpc) is 2.71. The van der Waals surface area contributed by atoms with E-state index in [0.29, 0.717) is 23.7 Å². The first kappa shape index (κ1) is 22.3. The minimum absolute atomic E-state index is 0.00935. The lowest BCUT2D eigenvalue weighted by atomic mass is 10.1. The van der Waals surface area contributed by atoms with Crippen molar-refractivity contribution in [3.8, 4) is 17.6 Å². The van der Waals surface area contributed by atoms with Gasteiger partial charge in [0, 0.05) is 19.1 Å². The third kappa shape index (κ3) is 6.83. The lowest BCUT2D eigenvalue weighted by molar-refractivity contribution is -0.134. The molecule has 2 amide bonds. The molecule has 0 radical (unpaired) electrons. The Labute approximate surface area is 172 Å². The first-order valence-corrected chi connectivity index (χ1v) is 10.0. The molecule has 1 aliphatic heterocycles. The van der Waals surface area contributed by atoms with E-state index in [1.54, 1.807) is 18.2 Å². The molecule has 1 fully saturated rings. The van der Waals surface area contributed by atoms with Crippen LogP contribution < -0.4 is 14.8 Å². The van der Waals surface area contributed by atoms with E-state index < -0.39 is 5.91 Å². The molecule has 0 aliphatic carbocycles. The zero-order valence-corrected chi connectivity index (χ0v) is 17.4. The summed E-state index contributed by atoms with van der Waals surface area (Å²) in [6.07, 6.45) is 4.72. The van der Waals surface area contributed by atoms with Gasteiger partial charge in [0.05, 0.1) is 6.61 Å². The molecule has 0 bridgehead atoms. The number of nitrogens with zero attached hydrogens (tertiary/aromatic N) is 2. The number of amides is 2. The van der Waals surface area contributed by atoms with Crippen LogP contribution in [0.5, 0.6) is 11.5 Å². The Morgan fingerprint density at radius 1 is 1.21 bits per heavy atom. The number of ether oxygens (including phenoxy) is 2. The number of piperidine rings is 1. The van der Waals surface area contributed by atoms with Gasteiger partial charge in [-0.05, 0) is 63.8 Å². The highest BCUT2D eigenvalue weighted by molar-refractivity contribution is 6.01. The predicted molar refractivity (Wildman–Crippen MR) is 110 cm³/mol. The molecule has 1 saturated heterocycles. The molecule has 156 valence electrons. The van der Waals surface area contributed by atoms with Crippen molar-refractivity contribution >= 4 is 17.9 Å². The summed E-state index contributed by atoms with van der Waals surface area (Å²) in [5, 5.41) is 12.0. The minimum Gasteiger partial charge on any atom is -0.490 e. The molecule has 7 heteroatoms. The highest BCUT2D eigenvalue weighted by Gasteiger charge is 2.18. The fraction of sp³-hybridized carbons (Fsp3) is 0.500. The lowest BCUT2D eigenvalue weighted by Gasteiger charge is -2.26. The smallest absolute Gasteiger partial charge is 0.262 e. The number of carbonyl (C=O) groups excluding carboxylic acids is 2. The Kier molecular flexibility index (Phi) is 8.53. The van der Waals surface area contributed by atoms with Gasteiger partial charge in [0.15, 0.2) is 18.1 Å². The van der Waals surface area contributed by atoms with Gasteiger partial charge in [-0.1, -0.05) is 6.07 Å². The van der Waals surface area contributed by atoms with Gasteiger partial charge in [-0.2, -0.15) is 5.26 Å². The second kappa shape index (κ2) is 11.1. The van der Waals surface area contributed by atoms with Gasteiger partial charge in [-0.15, -0.1) is 0 Å². The van der Waals surface area contributed by atoms with E-state index in [-0.39, 0.29) is 24.1 Å². The van der Waals surface area contributed by atoms with Crippen LogP contribution >= 0.6 is 0 Å². The summed E-state index contributed by atoms with van der Waals surface area (Å²) in [6, 6.07) is 6.98. The molecular weight excluding hydrogens is 370 g/mol. The third-order valence-electron chi connectivity index (χ3n) is 4.42. The maximum Gasteiger partial charge on any atom is 0.262 e. The van der Waals surface area contributed by atoms with Crippen molar-refractivity contribution in [2.24, 2.45) is 0 Å². The molecule has 7 nitrogen and oxygen atoms in total. The molecule has 0 atom stereocenters. The van der Waals surface area contributed by atoms with Crippen LogP contribution in [0.3, 0.4) is 0 Å². The van der Waals surface area contributed by atoms with Crippen LogP contribution in [0.25, 0.3) is 6.08 Å². The van der Waals surface area contributed by atoms with Crippen LogP contribution in [-0.2, 0) is 9.59 Å². The number of carbonyl (C=O) groups is 2. The number of nitrogens with one attached hydrogen (secondary N) is 1.